The van der Waals surface area contributed by atoms with Gasteiger partial charge in [0.1, 0.15) is 5.82 Å². The molecule has 1 heterocycles. The normalized spacial score (nSPS) is 11.0. The molecule has 0 fully saturated rings. The van der Waals surface area contributed by atoms with Crippen molar-refractivity contribution in [3.8, 4) is 0 Å². The molecule has 0 aliphatic heterocycles. The molecule has 5 heteroatoms. The number of halogens is 1. The number of carbonyl (C=O) groups excluding carboxylic acids is 1. The first kappa shape index (κ1) is 19.3. The molecule has 0 aliphatic rings. The Morgan fingerprint density at radius 2 is 1.62 bits per heavy atom. The highest BCUT2D eigenvalue weighted by Crippen LogP contribution is 2.34. The van der Waals surface area contributed by atoms with Crippen LogP contribution in [0.3, 0.4) is 0 Å². The van der Waals surface area contributed by atoms with Crippen molar-refractivity contribution < 1.29 is 9.18 Å². The summed E-state index contributed by atoms with van der Waals surface area (Å²) in [6.45, 7) is 4.54. The molecule has 29 heavy (non-hydrogen) atoms. The van der Waals surface area contributed by atoms with Gasteiger partial charge in [-0.1, -0.05) is 65.9 Å². The number of rotatable bonds is 5. The Morgan fingerprint density at radius 3 is 2.31 bits per heavy atom. The van der Waals surface area contributed by atoms with Crippen molar-refractivity contribution in [3.63, 3.8) is 0 Å². The summed E-state index contributed by atoms with van der Waals surface area (Å²) < 4.78 is 14.3. The van der Waals surface area contributed by atoms with Crippen LogP contribution in [-0.4, -0.2) is 10.9 Å². The van der Waals surface area contributed by atoms with Gasteiger partial charge in [-0.3, -0.25) is 9.69 Å². The molecule has 0 aliphatic carbocycles. The monoisotopic (exact) mass is 404 g/mol. The first-order chi connectivity index (χ1) is 14.0. The van der Waals surface area contributed by atoms with E-state index >= 15 is 0 Å². The first-order valence-corrected chi connectivity index (χ1v) is 10.3. The minimum Gasteiger partial charge on any atom is -0.283 e. The Hall–Kier alpha value is -3.05. The topological polar surface area (TPSA) is 33.2 Å². The Labute approximate surface area is 173 Å². The lowest BCUT2D eigenvalue weighted by molar-refractivity contribution is -0.118. The van der Waals surface area contributed by atoms with Crippen LogP contribution in [0, 0.1) is 19.7 Å². The number of aromatic nitrogens is 1. The van der Waals surface area contributed by atoms with E-state index in [2.05, 4.69) is 19.1 Å². The van der Waals surface area contributed by atoms with Gasteiger partial charge in [-0.15, -0.1) is 0 Å². The predicted molar refractivity (Wildman–Crippen MR) is 117 cm³/mol. The zero-order valence-corrected chi connectivity index (χ0v) is 17.2. The summed E-state index contributed by atoms with van der Waals surface area (Å²) in [6.07, 6.45) is 0.195. The van der Waals surface area contributed by atoms with Gasteiger partial charge in [0, 0.05) is 0 Å². The largest absolute Gasteiger partial charge is 0.283 e. The SMILES string of the molecule is Cc1ccc(C)c2sc(N(Cc3ccccc3)C(=O)Cc3ccc(F)cc3)nc12. The Kier molecular flexibility index (Phi) is 5.41. The highest BCUT2D eigenvalue weighted by Gasteiger charge is 2.21. The lowest BCUT2D eigenvalue weighted by Gasteiger charge is -2.20. The van der Waals surface area contributed by atoms with Crippen molar-refractivity contribution in [2.24, 2.45) is 0 Å². The number of hydrogen-bond donors (Lipinski definition) is 0. The van der Waals surface area contributed by atoms with E-state index in [1.165, 1.54) is 12.1 Å². The summed E-state index contributed by atoms with van der Waals surface area (Å²) in [7, 11) is 0. The number of carbonyl (C=O) groups is 1. The summed E-state index contributed by atoms with van der Waals surface area (Å²) in [5, 5.41) is 0.688. The molecule has 4 aromatic rings. The number of amides is 1. The molecule has 0 atom stereocenters. The molecule has 3 nitrogen and oxygen atoms in total. The highest BCUT2D eigenvalue weighted by atomic mass is 32.1. The lowest BCUT2D eigenvalue weighted by atomic mass is 10.1. The van der Waals surface area contributed by atoms with E-state index in [1.807, 2.05) is 37.3 Å². The first-order valence-electron chi connectivity index (χ1n) is 9.47. The molecule has 4 rings (SSSR count). The van der Waals surface area contributed by atoms with Gasteiger partial charge in [-0.25, -0.2) is 9.37 Å². The molecule has 1 amide bonds. The Morgan fingerprint density at radius 1 is 0.931 bits per heavy atom. The van der Waals surface area contributed by atoms with Crippen LogP contribution in [0.15, 0.2) is 66.7 Å². The number of thiazole rings is 1. The van der Waals surface area contributed by atoms with E-state index in [0.717, 1.165) is 32.5 Å². The Bertz CT molecular complexity index is 1110. The van der Waals surface area contributed by atoms with E-state index in [9.17, 15) is 9.18 Å². The van der Waals surface area contributed by atoms with Crippen LogP contribution in [0.25, 0.3) is 10.2 Å². The zero-order chi connectivity index (χ0) is 20.4. The third-order valence-electron chi connectivity index (χ3n) is 4.91. The van der Waals surface area contributed by atoms with Crippen LogP contribution in [0.2, 0.25) is 0 Å². The molecule has 0 radical (unpaired) electrons. The quantitative estimate of drug-likeness (QED) is 0.419. The molecule has 0 N–H and O–H groups in total. The molecule has 146 valence electrons. The van der Waals surface area contributed by atoms with Gasteiger partial charge < -0.3 is 0 Å². The van der Waals surface area contributed by atoms with E-state index in [1.54, 1.807) is 28.4 Å². The third kappa shape index (κ3) is 4.20. The van der Waals surface area contributed by atoms with Crippen LogP contribution in [0.1, 0.15) is 22.3 Å². The predicted octanol–water partition coefficient (Wildman–Crippen LogP) is 5.83. The second-order valence-corrected chi connectivity index (χ2v) is 8.12. The van der Waals surface area contributed by atoms with Crippen molar-refractivity contribution in [1.82, 2.24) is 4.98 Å². The minimum atomic E-state index is -0.306. The second-order valence-electron chi connectivity index (χ2n) is 7.14. The van der Waals surface area contributed by atoms with Crippen molar-refractivity contribution in [1.29, 1.82) is 0 Å². The van der Waals surface area contributed by atoms with Gasteiger partial charge in [0.05, 0.1) is 23.2 Å². The zero-order valence-electron chi connectivity index (χ0n) is 16.4. The van der Waals surface area contributed by atoms with Crippen molar-refractivity contribution in [3.05, 3.63) is 94.8 Å². The maximum absolute atomic E-state index is 13.2. The molecular formula is C24H21FN2OS. The summed E-state index contributed by atoms with van der Waals surface area (Å²) in [6, 6.07) is 20.1. The Balaban J connectivity index is 1.72. The van der Waals surface area contributed by atoms with Gasteiger partial charge >= 0.3 is 0 Å². The van der Waals surface area contributed by atoms with Gasteiger partial charge in [0.2, 0.25) is 5.91 Å². The molecule has 3 aromatic carbocycles. The number of nitrogens with zero attached hydrogens (tertiary/aromatic N) is 2. The second kappa shape index (κ2) is 8.13. The third-order valence-corrected chi connectivity index (χ3v) is 6.13. The molecule has 0 spiro atoms. The standard InChI is InChI=1S/C24H21FN2OS/c1-16-8-9-17(2)23-22(16)26-24(29-23)27(15-19-6-4-3-5-7-19)21(28)14-18-10-12-20(25)13-11-18/h3-13H,14-15H2,1-2H3. The number of hydrogen-bond acceptors (Lipinski definition) is 3. The molecular weight excluding hydrogens is 383 g/mol. The van der Waals surface area contributed by atoms with E-state index < -0.39 is 0 Å². The van der Waals surface area contributed by atoms with Gasteiger partial charge in [-0.2, -0.15) is 0 Å². The maximum Gasteiger partial charge on any atom is 0.233 e. The fraction of sp³-hybridized carbons (Fsp3) is 0.167. The molecule has 0 bridgehead atoms. The molecule has 0 saturated carbocycles. The van der Waals surface area contributed by atoms with Gasteiger partial charge in [0.25, 0.3) is 0 Å². The number of aryl methyl sites for hydroxylation is 2. The van der Waals surface area contributed by atoms with Crippen molar-refractivity contribution in [2.75, 3.05) is 4.90 Å². The van der Waals surface area contributed by atoms with Gasteiger partial charge in [0.15, 0.2) is 5.13 Å². The van der Waals surface area contributed by atoms with E-state index in [-0.39, 0.29) is 18.1 Å². The number of benzene rings is 3. The molecule has 0 unspecified atom stereocenters. The van der Waals surface area contributed by atoms with Crippen LogP contribution in [0.5, 0.6) is 0 Å². The average molecular weight is 405 g/mol. The van der Waals surface area contributed by atoms with Crippen LogP contribution >= 0.6 is 11.3 Å². The van der Waals surface area contributed by atoms with Gasteiger partial charge in [-0.05, 0) is 48.2 Å². The van der Waals surface area contributed by atoms with Crippen molar-refractivity contribution >= 4 is 32.6 Å². The average Bonchev–Trinajstić information content (AvgIpc) is 3.18. The summed E-state index contributed by atoms with van der Waals surface area (Å²) in [5.74, 6) is -0.366. The number of anilines is 1. The number of fused-ring (bicyclic) bond motifs is 1. The maximum atomic E-state index is 13.2. The van der Waals surface area contributed by atoms with Crippen molar-refractivity contribution in [2.45, 2.75) is 26.8 Å². The molecule has 0 saturated heterocycles. The highest BCUT2D eigenvalue weighted by molar-refractivity contribution is 7.22. The van der Waals surface area contributed by atoms with Crippen LogP contribution < -0.4 is 4.90 Å². The van der Waals surface area contributed by atoms with E-state index in [0.29, 0.717) is 11.7 Å². The summed E-state index contributed by atoms with van der Waals surface area (Å²) in [4.78, 5) is 19.8. The summed E-state index contributed by atoms with van der Waals surface area (Å²) >= 11 is 1.54. The molecule has 1 aromatic heterocycles. The minimum absolute atomic E-state index is 0.0603. The lowest BCUT2D eigenvalue weighted by Crippen LogP contribution is -2.31. The fourth-order valence-corrected chi connectivity index (χ4v) is 4.39. The summed E-state index contributed by atoms with van der Waals surface area (Å²) in [5.41, 5.74) is 5.01. The van der Waals surface area contributed by atoms with Crippen LogP contribution in [0.4, 0.5) is 9.52 Å². The van der Waals surface area contributed by atoms with E-state index in [4.69, 9.17) is 4.98 Å². The smallest absolute Gasteiger partial charge is 0.233 e. The van der Waals surface area contributed by atoms with Crippen LogP contribution in [-0.2, 0) is 17.8 Å². The fourth-order valence-electron chi connectivity index (χ4n) is 3.26.